The van der Waals surface area contributed by atoms with Crippen LogP contribution in [0.2, 0.25) is 0 Å². The van der Waals surface area contributed by atoms with Crippen molar-refractivity contribution in [1.29, 1.82) is 0 Å². The Morgan fingerprint density at radius 2 is 2.10 bits per heavy atom. The molecule has 1 N–H and O–H groups in total. The molecule has 20 heavy (non-hydrogen) atoms. The van der Waals surface area contributed by atoms with Crippen molar-refractivity contribution in [3.05, 3.63) is 35.9 Å². The van der Waals surface area contributed by atoms with Crippen LogP contribution in [0.5, 0.6) is 0 Å². The molecule has 1 aromatic rings. The Morgan fingerprint density at radius 1 is 1.35 bits per heavy atom. The number of thioether (sulfide) groups is 1. The maximum atomic E-state index is 3.73. The number of hydrogen-bond donors (Lipinski definition) is 1. The molecule has 1 saturated heterocycles. The van der Waals surface area contributed by atoms with Gasteiger partial charge in [-0.2, -0.15) is 11.8 Å². The van der Waals surface area contributed by atoms with E-state index < -0.39 is 0 Å². The van der Waals surface area contributed by atoms with Gasteiger partial charge in [-0.15, -0.1) is 0 Å². The largest absolute Gasteiger partial charge is 0.311 e. The van der Waals surface area contributed by atoms with Crippen molar-refractivity contribution in [2.75, 3.05) is 31.6 Å². The standard InChI is InChI=1S/C17H28N2S/c1-4-16-13-19(11-8-12-20-3)17(2,14-18-16)15-9-6-5-7-10-15/h5-7,9-10,16,18H,4,8,11-14H2,1-3H3. The van der Waals surface area contributed by atoms with Gasteiger partial charge >= 0.3 is 0 Å². The molecule has 1 heterocycles. The molecule has 1 aromatic carbocycles. The van der Waals surface area contributed by atoms with Gasteiger partial charge in [0.15, 0.2) is 0 Å². The summed E-state index contributed by atoms with van der Waals surface area (Å²) < 4.78 is 0. The topological polar surface area (TPSA) is 15.3 Å². The third kappa shape index (κ3) is 3.57. The number of nitrogens with one attached hydrogen (secondary N) is 1. The minimum atomic E-state index is 0.130. The molecular weight excluding hydrogens is 264 g/mol. The van der Waals surface area contributed by atoms with Crippen LogP contribution in [0.4, 0.5) is 0 Å². The van der Waals surface area contributed by atoms with Gasteiger partial charge < -0.3 is 5.32 Å². The maximum Gasteiger partial charge on any atom is 0.0558 e. The minimum Gasteiger partial charge on any atom is -0.311 e. The lowest BCUT2D eigenvalue weighted by Crippen LogP contribution is -2.61. The summed E-state index contributed by atoms with van der Waals surface area (Å²) in [7, 11) is 0. The van der Waals surface area contributed by atoms with Crippen molar-refractivity contribution < 1.29 is 0 Å². The van der Waals surface area contributed by atoms with Gasteiger partial charge in [-0.25, -0.2) is 0 Å². The van der Waals surface area contributed by atoms with Gasteiger partial charge in [0.2, 0.25) is 0 Å². The second kappa shape index (κ2) is 7.48. The molecule has 0 spiro atoms. The maximum absolute atomic E-state index is 3.73. The molecule has 112 valence electrons. The highest BCUT2D eigenvalue weighted by Crippen LogP contribution is 2.31. The van der Waals surface area contributed by atoms with Gasteiger partial charge in [0.25, 0.3) is 0 Å². The SMILES string of the molecule is CCC1CN(CCCSC)C(C)(c2ccccc2)CN1. The van der Waals surface area contributed by atoms with E-state index >= 15 is 0 Å². The van der Waals surface area contributed by atoms with E-state index in [9.17, 15) is 0 Å². The normalized spacial score (nSPS) is 27.6. The molecule has 2 unspecified atom stereocenters. The number of nitrogens with zero attached hydrogens (tertiary/aromatic N) is 1. The molecule has 2 nitrogen and oxygen atoms in total. The van der Waals surface area contributed by atoms with E-state index in [1.807, 2.05) is 11.8 Å². The third-order valence-corrected chi connectivity index (χ3v) is 5.24. The summed E-state index contributed by atoms with van der Waals surface area (Å²) in [5, 5.41) is 3.73. The van der Waals surface area contributed by atoms with Crippen molar-refractivity contribution in [3.63, 3.8) is 0 Å². The van der Waals surface area contributed by atoms with Crippen molar-refractivity contribution in [3.8, 4) is 0 Å². The number of benzene rings is 1. The van der Waals surface area contributed by atoms with E-state index in [1.54, 1.807) is 0 Å². The fourth-order valence-electron chi connectivity index (χ4n) is 3.08. The Labute approximate surface area is 128 Å². The van der Waals surface area contributed by atoms with Crippen molar-refractivity contribution in [2.45, 2.75) is 38.3 Å². The van der Waals surface area contributed by atoms with Crippen LogP contribution < -0.4 is 5.32 Å². The fraction of sp³-hybridized carbons (Fsp3) is 0.647. The van der Waals surface area contributed by atoms with Gasteiger partial charge in [-0.1, -0.05) is 37.3 Å². The molecular formula is C17H28N2S. The first-order valence-electron chi connectivity index (χ1n) is 7.73. The van der Waals surface area contributed by atoms with Gasteiger partial charge in [0, 0.05) is 19.1 Å². The molecule has 0 radical (unpaired) electrons. The Balaban J connectivity index is 2.15. The molecule has 0 bridgehead atoms. The number of hydrogen-bond acceptors (Lipinski definition) is 3. The van der Waals surface area contributed by atoms with E-state index in [4.69, 9.17) is 0 Å². The van der Waals surface area contributed by atoms with E-state index in [2.05, 4.69) is 60.7 Å². The van der Waals surface area contributed by atoms with Gasteiger partial charge in [-0.05, 0) is 43.9 Å². The smallest absolute Gasteiger partial charge is 0.0558 e. The Bertz CT molecular complexity index is 395. The number of rotatable bonds is 6. The molecule has 1 fully saturated rings. The van der Waals surface area contributed by atoms with Crippen molar-refractivity contribution >= 4 is 11.8 Å². The van der Waals surface area contributed by atoms with Crippen molar-refractivity contribution in [1.82, 2.24) is 10.2 Å². The lowest BCUT2D eigenvalue weighted by atomic mass is 9.86. The zero-order valence-corrected chi connectivity index (χ0v) is 13.9. The Morgan fingerprint density at radius 3 is 2.75 bits per heavy atom. The molecule has 3 heteroatoms. The molecule has 0 saturated carbocycles. The van der Waals surface area contributed by atoms with Crippen LogP contribution in [-0.4, -0.2) is 42.6 Å². The molecule has 0 aromatic heterocycles. The summed E-state index contributed by atoms with van der Waals surface area (Å²) in [5.41, 5.74) is 1.57. The first-order valence-corrected chi connectivity index (χ1v) is 9.13. The Hall–Kier alpha value is -0.510. The number of piperazine rings is 1. The molecule has 2 rings (SSSR count). The summed E-state index contributed by atoms with van der Waals surface area (Å²) in [6, 6.07) is 11.6. The summed E-state index contributed by atoms with van der Waals surface area (Å²) in [6.45, 7) is 8.08. The van der Waals surface area contributed by atoms with Crippen LogP contribution >= 0.6 is 11.8 Å². The van der Waals surface area contributed by atoms with Crippen LogP contribution in [0.25, 0.3) is 0 Å². The Kier molecular flexibility index (Phi) is 5.94. The highest BCUT2D eigenvalue weighted by Gasteiger charge is 2.38. The van der Waals surface area contributed by atoms with E-state index in [0.29, 0.717) is 6.04 Å². The summed E-state index contributed by atoms with van der Waals surface area (Å²) >= 11 is 1.95. The summed E-state index contributed by atoms with van der Waals surface area (Å²) in [4.78, 5) is 2.70. The average Bonchev–Trinajstić information content (AvgIpc) is 2.50. The molecule has 0 amide bonds. The van der Waals surface area contributed by atoms with Gasteiger partial charge in [0.05, 0.1) is 5.54 Å². The quantitative estimate of drug-likeness (QED) is 0.810. The monoisotopic (exact) mass is 292 g/mol. The van der Waals surface area contributed by atoms with Crippen LogP contribution in [0.1, 0.15) is 32.3 Å². The van der Waals surface area contributed by atoms with E-state index in [1.165, 1.54) is 30.7 Å². The van der Waals surface area contributed by atoms with Crippen LogP contribution in [0, 0.1) is 0 Å². The molecule has 1 aliphatic heterocycles. The first kappa shape index (κ1) is 15.9. The van der Waals surface area contributed by atoms with Crippen LogP contribution in [-0.2, 0) is 5.54 Å². The second-order valence-corrected chi connectivity index (χ2v) is 6.90. The lowest BCUT2D eigenvalue weighted by molar-refractivity contribution is 0.0492. The lowest BCUT2D eigenvalue weighted by Gasteiger charge is -2.48. The summed E-state index contributed by atoms with van der Waals surface area (Å²) in [5.74, 6) is 1.26. The molecule has 0 aliphatic carbocycles. The molecule has 1 aliphatic rings. The predicted molar refractivity (Wildman–Crippen MR) is 90.4 cm³/mol. The third-order valence-electron chi connectivity index (χ3n) is 4.54. The predicted octanol–water partition coefficient (Wildman–Crippen LogP) is 3.34. The minimum absolute atomic E-state index is 0.130. The van der Waals surface area contributed by atoms with Crippen LogP contribution in [0.3, 0.4) is 0 Å². The van der Waals surface area contributed by atoms with Crippen molar-refractivity contribution in [2.24, 2.45) is 0 Å². The fourth-order valence-corrected chi connectivity index (χ4v) is 3.50. The highest BCUT2D eigenvalue weighted by atomic mass is 32.2. The zero-order valence-electron chi connectivity index (χ0n) is 13.1. The average molecular weight is 292 g/mol. The molecule has 2 atom stereocenters. The van der Waals surface area contributed by atoms with Gasteiger partial charge in [-0.3, -0.25) is 4.90 Å². The van der Waals surface area contributed by atoms with E-state index in [0.717, 1.165) is 13.1 Å². The zero-order chi connectivity index (χ0) is 14.4. The first-order chi connectivity index (χ1) is 9.70. The highest BCUT2D eigenvalue weighted by molar-refractivity contribution is 7.98. The van der Waals surface area contributed by atoms with Gasteiger partial charge in [0.1, 0.15) is 0 Å². The van der Waals surface area contributed by atoms with E-state index in [-0.39, 0.29) is 5.54 Å². The summed E-state index contributed by atoms with van der Waals surface area (Å²) in [6.07, 6.45) is 4.69. The van der Waals surface area contributed by atoms with Crippen LogP contribution in [0.15, 0.2) is 30.3 Å². The second-order valence-electron chi connectivity index (χ2n) is 5.92.